The summed E-state index contributed by atoms with van der Waals surface area (Å²) in [6.07, 6.45) is 1.01. The third kappa shape index (κ3) is 4.02. The van der Waals surface area contributed by atoms with Gasteiger partial charge in [-0.15, -0.1) is 0 Å². The van der Waals surface area contributed by atoms with Gasteiger partial charge in [0.15, 0.2) is 0 Å². The van der Waals surface area contributed by atoms with Crippen molar-refractivity contribution in [1.82, 2.24) is 4.57 Å². The van der Waals surface area contributed by atoms with E-state index in [0.717, 1.165) is 10.8 Å². The number of nitrogens with zero attached hydrogens (tertiary/aromatic N) is 1. The minimum Gasteiger partial charge on any atom is -0.477 e. The van der Waals surface area contributed by atoms with E-state index in [1.54, 1.807) is 6.07 Å². The SMILES string of the molecule is CC(n1cc(C(=O)O)c(=O)c2cc(Cc3c(F)cccc3Cl)ccc21)S(N)(=O)=O. The molecule has 0 aliphatic heterocycles. The number of aromatic nitrogens is 1. The Balaban J connectivity index is 2.26. The molecule has 0 spiro atoms. The van der Waals surface area contributed by atoms with Crippen molar-refractivity contribution in [3.05, 3.63) is 80.3 Å². The predicted molar refractivity (Wildman–Crippen MR) is 107 cm³/mol. The summed E-state index contributed by atoms with van der Waals surface area (Å²) in [5, 5.41) is 13.4. The van der Waals surface area contributed by atoms with Gasteiger partial charge < -0.3 is 9.67 Å². The molecule has 0 radical (unpaired) electrons. The van der Waals surface area contributed by atoms with Crippen molar-refractivity contribution < 1.29 is 22.7 Å². The minimum absolute atomic E-state index is 0.0228. The molecule has 1 aromatic heterocycles. The number of aromatic carboxylic acids is 1. The highest BCUT2D eigenvalue weighted by Gasteiger charge is 2.23. The van der Waals surface area contributed by atoms with E-state index in [1.165, 1.54) is 37.3 Å². The average Bonchev–Trinajstić information content (AvgIpc) is 2.64. The van der Waals surface area contributed by atoms with Gasteiger partial charge in [0.25, 0.3) is 0 Å². The van der Waals surface area contributed by atoms with Crippen LogP contribution in [0.15, 0.2) is 47.4 Å². The molecule has 0 saturated heterocycles. The van der Waals surface area contributed by atoms with Crippen molar-refractivity contribution in [3.63, 3.8) is 0 Å². The Morgan fingerprint density at radius 3 is 2.59 bits per heavy atom. The molecule has 0 bridgehead atoms. The zero-order valence-corrected chi connectivity index (χ0v) is 16.7. The summed E-state index contributed by atoms with van der Waals surface area (Å²) in [6, 6.07) is 8.70. The standard InChI is InChI=1S/C19H16ClFN2O5S/c1-10(29(22,27)28)23-9-14(19(25)26)18(24)13-8-11(5-6-17(13)23)7-12-15(20)3-2-4-16(12)21/h2-6,8-10H,7H2,1H3,(H,25,26)(H2,22,27,28). The molecule has 1 atom stereocenters. The van der Waals surface area contributed by atoms with Crippen LogP contribution in [-0.2, 0) is 16.4 Å². The number of fused-ring (bicyclic) bond motifs is 1. The monoisotopic (exact) mass is 438 g/mol. The van der Waals surface area contributed by atoms with E-state index < -0.39 is 38.2 Å². The predicted octanol–water partition coefficient (Wildman–Crippen LogP) is 2.89. The van der Waals surface area contributed by atoms with Crippen LogP contribution in [0.4, 0.5) is 4.39 Å². The van der Waals surface area contributed by atoms with Crippen LogP contribution in [0.5, 0.6) is 0 Å². The zero-order valence-electron chi connectivity index (χ0n) is 15.1. The van der Waals surface area contributed by atoms with Crippen molar-refractivity contribution >= 4 is 38.5 Å². The first-order valence-electron chi connectivity index (χ1n) is 8.36. The van der Waals surface area contributed by atoms with Crippen molar-refractivity contribution in [2.45, 2.75) is 18.7 Å². The first-order valence-corrected chi connectivity index (χ1v) is 10.3. The number of carbonyl (C=O) groups is 1. The number of nitrogens with two attached hydrogens (primary N) is 1. The van der Waals surface area contributed by atoms with E-state index >= 15 is 0 Å². The fourth-order valence-electron chi connectivity index (χ4n) is 3.03. The molecule has 0 aliphatic carbocycles. The lowest BCUT2D eigenvalue weighted by Crippen LogP contribution is -2.27. The Hall–Kier alpha value is -2.75. The maximum atomic E-state index is 14.1. The van der Waals surface area contributed by atoms with Crippen LogP contribution in [0, 0.1) is 5.82 Å². The second kappa shape index (κ2) is 7.58. The van der Waals surface area contributed by atoms with Crippen LogP contribution in [0.1, 0.15) is 33.8 Å². The second-order valence-corrected chi connectivity index (χ2v) is 8.77. The van der Waals surface area contributed by atoms with E-state index in [9.17, 15) is 27.5 Å². The molecule has 3 aromatic rings. The number of sulfonamides is 1. The topological polar surface area (TPSA) is 119 Å². The summed E-state index contributed by atoms with van der Waals surface area (Å²) in [7, 11) is -4.07. The Bertz CT molecular complexity index is 1280. The van der Waals surface area contributed by atoms with Crippen LogP contribution in [0.2, 0.25) is 5.02 Å². The highest BCUT2D eigenvalue weighted by atomic mass is 35.5. The van der Waals surface area contributed by atoms with Crippen LogP contribution >= 0.6 is 11.6 Å². The molecule has 1 unspecified atom stereocenters. The summed E-state index contributed by atoms with van der Waals surface area (Å²) in [5.74, 6) is -2.02. The number of primary sulfonamides is 1. The molecule has 0 saturated carbocycles. The normalized spacial score (nSPS) is 12.8. The first-order chi connectivity index (χ1) is 13.5. The number of hydrogen-bond donors (Lipinski definition) is 2. The molecule has 152 valence electrons. The van der Waals surface area contributed by atoms with Crippen molar-refractivity contribution in [3.8, 4) is 0 Å². The molecule has 0 aliphatic rings. The number of halogens is 2. The summed E-state index contributed by atoms with van der Waals surface area (Å²) in [6.45, 7) is 1.28. The summed E-state index contributed by atoms with van der Waals surface area (Å²) >= 11 is 6.05. The Labute approximate surface area is 170 Å². The van der Waals surface area contributed by atoms with E-state index in [2.05, 4.69) is 0 Å². The van der Waals surface area contributed by atoms with E-state index in [4.69, 9.17) is 16.7 Å². The number of benzene rings is 2. The molecular formula is C19H16ClFN2O5S. The lowest BCUT2D eigenvalue weighted by atomic mass is 10.0. The Kier molecular flexibility index (Phi) is 5.48. The lowest BCUT2D eigenvalue weighted by Gasteiger charge is -2.18. The van der Waals surface area contributed by atoms with E-state index in [0.29, 0.717) is 5.56 Å². The number of carboxylic acid groups (broad SMARTS) is 1. The van der Waals surface area contributed by atoms with Crippen molar-refractivity contribution in [2.24, 2.45) is 5.14 Å². The summed E-state index contributed by atoms with van der Waals surface area (Å²) in [4.78, 5) is 24.2. The molecule has 7 nitrogen and oxygen atoms in total. The fraction of sp³-hybridized carbons (Fsp3) is 0.158. The molecule has 2 aromatic carbocycles. The highest BCUT2D eigenvalue weighted by Crippen LogP contribution is 2.25. The van der Waals surface area contributed by atoms with Gasteiger partial charge in [-0.2, -0.15) is 0 Å². The number of hydrogen-bond acceptors (Lipinski definition) is 4. The van der Waals surface area contributed by atoms with Gasteiger partial charge >= 0.3 is 5.97 Å². The first kappa shape index (κ1) is 21.0. The molecule has 3 rings (SSSR count). The number of rotatable bonds is 5. The van der Waals surface area contributed by atoms with E-state index in [1.807, 2.05) is 0 Å². The van der Waals surface area contributed by atoms with Gasteiger partial charge in [-0.1, -0.05) is 23.7 Å². The molecule has 29 heavy (non-hydrogen) atoms. The Morgan fingerprint density at radius 1 is 1.31 bits per heavy atom. The number of carboxylic acids is 1. The molecular weight excluding hydrogens is 423 g/mol. The quantitative estimate of drug-likeness (QED) is 0.634. The fourth-order valence-corrected chi connectivity index (χ4v) is 3.75. The number of pyridine rings is 1. The van der Waals surface area contributed by atoms with Crippen molar-refractivity contribution in [2.75, 3.05) is 0 Å². The molecule has 10 heteroatoms. The van der Waals surface area contributed by atoms with Crippen LogP contribution < -0.4 is 10.6 Å². The van der Waals surface area contributed by atoms with Gasteiger partial charge in [-0.25, -0.2) is 22.7 Å². The lowest BCUT2D eigenvalue weighted by molar-refractivity contribution is 0.0694. The van der Waals surface area contributed by atoms with Gasteiger partial charge in [0, 0.05) is 28.6 Å². The average molecular weight is 439 g/mol. The highest BCUT2D eigenvalue weighted by molar-refractivity contribution is 7.89. The third-order valence-electron chi connectivity index (χ3n) is 4.64. The summed E-state index contributed by atoms with van der Waals surface area (Å²) in [5.41, 5.74) is -0.481. The minimum atomic E-state index is -4.07. The maximum absolute atomic E-state index is 14.1. The molecule has 0 amide bonds. The molecule has 0 fully saturated rings. The third-order valence-corrected chi connectivity index (χ3v) is 6.17. The molecule has 3 N–H and O–H groups in total. The van der Waals surface area contributed by atoms with E-state index in [-0.39, 0.29) is 27.9 Å². The van der Waals surface area contributed by atoms with Gasteiger partial charge in [0.05, 0.1) is 5.52 Å². The van der Waals surface area contributed by atoms with Gasteiger partial charge in [-0.3, -0.25) is 4.79 Å². The maximum Gasteiger partial charge on any atom is 0.341 e. The smallest absolute Gasteiger partial charge is 0.341 e. The van der Waals surface area contributed by atoms with Crippen LogP contribution in [0.3, 0.4) is 0 Å². The molecule has 1 heterocycles. The van der Waals surface area contributed by atoms with Gasteiger partial charge in [0.2, 0.25) is 15.5 Å². The van der Waals surface area contributed by atoms with Gasteiger partial charge in [-0.05, 0) is 36.8 Å². The van der Waals surface area contributed by atoms with Crippen molar-refractivity contribution in [1.29, 1.82) is 0 Å². The summed E-state index contributed by atoms with van der Waals surface area (Å²) < 4.78 is 38.8. The Morgan fingerprint density at radius 2 is 2.00 bits per heavy atom. The second-order valence-electron chi connectivity index (χ2n) is 6.50. The largest absolute Gasteiger partial charge is 0.477 e. The van der Waals surface area contributed by atoms with Gasteiger partial charge in [0.1, 0.15) is 16.8 Å². The van der Waals surface area contributed by atoms with Crippen LogP contribution in [0.25, 0.3) is 10.9 Å². The van der Waals surface area contributed by atoms with Crippen LogP contribution in [-0.4, -0.2) is 24.1 Å². The zero-order chi connectivity index (χ0) is 21.5.